The molecule has 0 saturated heterocycles. The maximum atomic E-state index is 13.2. The number of hydrogen-bond donors (Lipinski definition) is 3. The lowest BCUT2D eigenvalue weighted by Crippen LogP contribution is -2.33. The number of carbonyl (C=O) groups is 3. The lowest BCUT2D eigenvalue weighted by Gasteiger charge is -2.19. The van der Waals surface area contributed by atoms with Crippen LogP contribution >= 0.6 is 0 Å². The number of anilines is 3. The Balaban J connectivity index is 2.37. The smallest absolute Gasteiger partial charge is 0.259 e. The van der Waals surface area contributed by atoms with Gasteiger partial charge < -0.3 is 40.2 Å². The normalized spacial score (nSPS) is 10.2. The van der Waals surface area contributed by atoms with Crippen molar-refractivity contribution in [2.45, 2.75) is 20.3 Å². The Morgan fingerprint density at radius 2 is 1.29 bits per heavy atom. The Hall–Kier alpha value is -4.15. The van der Waals surface area contributed by atoms with Gasteiger partial charge in [0.15, 0.2) is 0 Å². The molecule has 0 aromatic heterocycles. The molecule has 4 N–H and O–H groups in total. The molecule has 0 aliphatic heterocycles. The molecule has 2 aromatic carbocycles. The van der Waals surface area contributed by atoms with E-state index in [1.165, 1.54) is 46.6 Å². The quantitative estimate of drug-likeness (QED) is 0.324. The van der Waals surface area contributed by atoms with E-state index in [9.17, 15) is 14.4 Å². The Bertz CT molecular complexity index is 1080. The van der Waals surface area contributed by atoms with E-state index in [1.807, 2.05) is 13.8 Å². The minimum Gasteiger partial charge on any atom is -0.496 e. The lowest BCUT2D eigenvalue weighted by molar-refractivity contribution is -0.134. The van der Waals surface area contributed by atoms with Crippen molar-refractivity contribution in [3.8, 4) is 23.0 Å². The van der Waals surface area contributed by atoms with Crippen molar-refractivity contribution < 1.29 is 33.3 Å². The second-order valence-corrected chi connectivity index (χ2v) is 7.29. The summed E-state index contributed by atoms with van der Waals surface area (Å²) in [6.45, 7) is 4.67. The van der Waals surface area contributed by atoms with E-state index in [4.69, 9.17) is 24.7 Å². The van der Waals surface area contributed by atoms with Crippen LogP contribution in [0, 0.1) is 0 Å². The first kappa shape index (κ1) is 27.1. The van der Waals surface area contributed by atoms with E-state index in [0.717, 1.165) is 0 Å². The molecule has 0 spiro atoms. The van der Waals surface area contributed by atoms with Crippen molar-refractivity contribution >= 4 is 34.8 Å². The second kappa shape index (κ2) is 12.4. The van der Waals surface area contributed by atoms with E-state index in [0.29, 0.717) is 36.0 Å². The van der Waals surface area contributed by atoms with E-state index in [-0.39, 0.29) is 35.1 Å². The molecular weight excluding hydrogens is 456 g/mol. The van der Waals surface area contributed by atoms with Gasteiger partial charge in [-0.1, -0.05) is 0 Å². The van der Waals surface area contributed by atoms with Crippen LogP contribution in [0.2, 0.25) is 0 Å². The lowest BCUT2D eigenvalue weighted by atomic mass is 10.1. The number of ether oxygens (including phenoxy) is 4. The summed E-state index contributed by atoms with van der Waals surface area (Å²) in [6.07, 6.45) is -0.347. The number of carbonyl (C=O) groups excluding carboxylic acids is 3. The maximum absolute atomic E-state index is 13.2. The molecule has 0 heterocycles. The number of methoxy groups -OCH3 is 4. The molecule has 0 atom stereocenters. The average Bonchev–Trinajstić information content (AvgIpc) is 2.84. The SMILES string of the molecule is CCN(CC)C(=O)CC(=O)Nc1cc(C(=O)Nc2cc(N)c(OC)cc2OC)c(OC)cc1OC. The van der Waals surface area contributed by atoms with Gasteiger partial charge in [0, 0.05) is 25.2 Å². The van der Waals surface area contributed by atoms with Gasteiger partial charge in [0.05, 0.1) is 51.1 Å². The number of rotatable bonds is 11. The van der Waals surface area contributed by atoms with Crippen molar-refractivity contribution in [1.29, 1.82) is 0 Å². The van der Waals surface area contributed by atoms with Gasteiger partial charge in [-0.15, -0.1) is 0 Å². The van der Waals surface area contributed by atoms with Gasteiger partial charge in [-0.3, -0.25) is 14.4 Å². The molecular formula is C24H32N4O7. The molecule has 0 aliphatic carbocycles. The topological polar surface area (TPSA) is 141 Å². The Morgan fingerprint density at radius 3 is 1.80 bits per heavy atom. The molecule has 0 unspecified atom stereocenters. The van der Waals surface area contributed by atoms with Gasteiger partial charge in [-0.25, -0.2) is 0 Å². The predicted octanol–water partition coefficient (Wildman–Crippen LogP) is 2.75. The molecule has 2 rings (SSSR count). The van der Waals surface area contributed by atoms with Crippen LogP contribution in [0.1, 0.15) is 30.6 Å². The summed E-state index contributed by atoms with van der Waals surface area (Å²) in [6, 6.07) is 5.93. The first-order chi connectivity index (χ1) is 16.7. The third kappa shape index (κ3) is 6.46. The molecule has 0 bridgehead atoms. The zero-order valence-corrected chi connectivity index (χ0v) is 20.8. The van der Waals surface area contributed by atoms with Gasteiger partial charge >= 0.3 is 0 Å². The number of nitrogens with one attached hydrogen (secondary N) is 2. The fraction of sp³-hybridized carbons (Fsp3) is 0.375. The van der Waals surface area contributed by atoms with Crippen molar-refractivity contribution in [3.63, 3.8) is 0 Å². The van der Waals surface area contributed by atoms with Crippen LogP contribution in [0.3, 0.4) is 0 Å². The fourth-order valence-electron chi connectivity index (χ4n) is 3.40. The zero-order valence-electron chi connectivity index (χ0n) is 20.8. The van der Waals surface area contributed by atoms with E-state index in [1.54, 1.807) is 11.0 Å². The summed E-state index contributed by atoms with van der Waals surface area (Å²) in [5, 5.41) is 5.38. The Morgan fingerprint density at radius 1 is 0.771 bits per heavy atom. The number of hydrogen-bond acceptors (Lipinski definition) is 8. The van der Waals surface area contributed by atoms with E-state index >= 15 is 0 Å². The molecule has 0 saturated carbocycles. The third-order valence-electron chi connectivity index (χ3n) is 5.27. The minimum atomic E-state index is -0.554. The molecule has 0 fully saturated rings. The van der Waals surface area contributed by atoms with Crippen LogP contribution < -0.4 is 35.3 Å². The highest BCUT2D eigenvalue weighted by atomic mass is 16.5. The van der Waals surface area contributed by atoms with Crippen LogP contribution in [0.15, 0.2) is 24.3 Å². The molecule has 35 heavy (non-hydrogen) atoms. The van der Waals surface area contributed by atoms with Crippen molar-refractivity contribution in [2.75, 3.05) is 57.9 Å². The van der Waals surface area contributed by atoms with E-state index < -0.39 is 11.8 Å². The standard InChI is InChI=1S/C24H32N4O7/c1-7-28(8-2)23(30)13-22(29)26-16-9-14(18(32-3)11-20(16)34-5)24(31)27-17-10-15(25)19(33-4)12-21(17)35-6/h9-12H,7-8,13,25H2,1-6H3,(H,26,29)(H,27,31). The molecule has 11 heteroatoms. The fourth-order valence-corrected chi connectivity index (χ4v) is 3.40. The summed E-state index contributed by atoms with van der Waals surface area (Å²) >= 11 is 0. The number of benzene rings is 2. The van der Waals surface area contributed by atoms with E-state index in [2.05, 4.69) is 10.6 Å². The van der Waals surface area contributed by atoms with Gasteiger partial charge in [0.25, 0.3) is 5.91 Å². The number of amides is 3. The highest BCUT2D eigenvalue weighted by Gasteiger charge is 2.22. The van der Waals surface area contributed by atoms with Crippen molar-refractivity contribution in [3.05, 3.63) is 29.8 Å². The second-order valence-electron chi connectivity index (χ2n) is 7.29. The Kier molecular flexibility index (Phi) is 9.56. The molecule has 0 aliphatic rings. The third-order valence-corrected chi connectivity index (χ3v) is 5.27. The molecule has 190 valence electrons. The highest BCUT2D eigenvalue weighted by Crippen LogP contribution is 2.37. The predicted molar refractivity (Wildman–Crippen MR) is 133 cm³/mol. The summed E-state index contributed by atoms with van der Waals surface area (Å²) in [7, 11) is 5.73. The van der Waals surface area contributed by atoms with Crippen molar-refractivity contribution in [2.24, 2.45) is 0 Å². The highest BCUT2D eigenvalue weighted by molar-refractivity contribution is 6.09. The first-order valence-corrected chi connectivity index (χ1v) is 10.9. The van der Waals surface area contributed by atoms with Crippen LogP contribution in [-0.4, -0.2) is 64.2 Å². The molecule has 0 radical (unpaired) electrons. The van der Waals surface area contributed by atoms with Gasteiger partial charge in [-0.05, 0) is 26.0 Å². The average molecular weight is 489 g/mol. The van der Waals surface area contributed by atoms with Crippen molar-refractivity contribution in [1.82, 2.24) is 4.90 Å². The van der Waals surface area contributed by atoms with Crippen LogP contribution in [-0.2, 0) is 9.59 Å². The maximum Gasteiger partial charge on any atom is 0.259 e. The largest absolute Gasteiger partial charge is 0.496 e. The summed E-state index contributed by atoms with van der Waals surface area (Å²) in [4.78, 5) is 39.6. The van der Waals surface area contributed by atoms with Gasteiger partial charge in [-0.2, -0.15) is 0 Å². The molecule has 2 aromatic rings. The zero-order chi connectivity index (χ0) is 26.1. The minimum absolute atomic E-state index is 0.107. The Labute approximate surface area is 204 Å². The van der Waals surface area contributed by atoms with Crippen LogP contribution in [0.5, 0.6) is 23.0 Å². The number of nitrogens with zero attached hydrogens (tertiary/aromatic N) is 1. The summed E-state index contributed by atoms with van der Waals surface area (Å²) in [5.74, 6) is -0.206. The monoisotopic (exact) mass is 488 g/mol. The number of nitrogen functional groups attached to an aromatic ring is 1. The van der Waals surface area contributed by atoms with Crippen LogP contribution in [0.4, 0.5) is 17.1 Å². The molecule has 11 nitrogen and oxygen atoms in total. The summed E-state index contributed by atoms with van der Waals surface area (Å²) < 4.78 is 21.2. The van der Waals surface area contributed by atoms with Gasteiger partial charge in [0.1, 0.15) is 29.4 Å². The van der Waals surface area contributed by atoms with Gasteiger partial charge in [0.2, 0.25) is 11.8 Å². The number of nitrogens with two attached hydrogens (primary N) is 1. The summed E-state index contributed by atoms with van der Waals surface area (Å²) in [5.41, 5.74) is 6.90. The first-order valence-electron chi connectivity index (χ1n) is 10.9. The molecule has 3 amide bonds. The van der Waals surface area contributed by atoms with Crippen LogP contribution in [0.25, 0.3) is 0 Å².